The van der Waals surface area contributed by atoms with Crippen molar-refractivity contribution in [2.75, 3.05) is 6.61 Å². The van der Waals surface area contributed by atoms with Gasteiger partial charge in [-0.05, 0) is 12.8 Å². The Hall–Kier alpha value is -1.17. The number of hydrogen-bond acceptors (Lipinski definition) is 5. The highest BCUT2D eigenvalue weighted by Gasteiger charge is 2.15. The normalized spacial score (nSPS) is 13.0. The van der Waals surface area contributed by atoms with Gasteiger partial charge in [0.25, 0.3) is 0 Å². The summed E-state index contributed by atoms with van der Waals surface area (Å²) in [6.07, 6.45) is 1.56. The van der Waals surface area contributed by atoms with Crippen LogP contribution in [0.3, 0.4) is 0 Å². The summed E-state index contributed by atoms with van der Waals surface area (Å²) in [6.45, 7) is 6.01. The fourth-order valence-electron chi connectivity index (χ4n) is 1.76. The SMILES string of the molecule is Cc1ncc(CO)c(CN[C@H](CO)C(C)C)c1O. The molecule has 1 aromatic heterocycles. The predicted octanol–water partition coefficient (Wildman–Crippen LogP) is 0.694. The molecule has 0 aromatic carbocycles. The summed E-state index contributed by atoms with van der Waals surface area (Å²) in [4.78, 5) is 4.01. The van der Waals surface area contributed by atoms with E-state index in [0.29, 0.717) is 23.4 Å². The van der Waals surface area contributed by atoms with Crippen LogP contribution in [0.1, 0.15) is 30.7 Å². The zero-order valence-corrected chi connectivity index (χ0v) is 11.1. The second-order valence-electron chi connectivity index (χ2n) is 4.77. The molecule has 1 atom stereocenters. The van der Waals surface area contributed by atoms with Crippen molar-refractivity contribution in [1.82, 2.24) is 10.3 Å². The molecule has 0 aliphatic heterocycles. The Balaban J connectivity index is 2.86. The molecule has 0 fully saturated rings. The third-order valence-corrected chi connectivity index (χ3v) is 3.14. The Morgan fingerprint density at radius 1 is 1.33 bits per heavy atom. The highest BCUT2D eigenvalue weighted by Crippen LogP contribution is 2.23. The van der Waals surface area contributed by atoms with Crippen LogP contribution < -0.4 is 5.32 Å². The number of aliphatic hydroxyl groups excluding tert-OH is 2. The molecule has 0 radical (unpaired) electrons. The Labute approximate surface area is 108 Å². The number of nitrogens with one attached hydrogen (secondary N) is 1. The van der Waals surface area contributed by atoms with Crippen molar-refractivity contribution >= 4 is 0 Å². The predicted molar refractivity (Wildman–Crippen MR) is 69.1 cm³/mol. The van der Waals surface area contributed by atoms with Gasteiger partial charge < -0.3 is 20.6 Å². The zero-order valence-electron chi connectivity index (χ0n) is 11.1. The number of rotatable bonds is 6. The summed E-state index contributed by atoms with van der Waals surface area (Å²) in [7, 11) is 0. The van der Waals surface area contributed by atoms with E-state index in [2.05, 4.69) is 10.3 Å². The second-order valence-corrected chi connectivity index (χ2v) is 4.77. The van der Waals surface area contributed by atoms with E-state index in [9.17, 15) is 15.3 Å². The molecule has 0 bridgehead atoms. The molecule has 102 valence electrons. The molecule has 0 saturated carbocycles. The Bertz CT molecular complexity index is 394. The highest BCUT2D eigenvalue weighted by molar-refractivity contribution is 5.40. The van der Waals surface area contributed by atoms with Crippen LogP contribution >= 0.6 is 0 Å². The first-order chi connectivity index (χ1) is 8.51. The number of nitrogens with zero attached hydrogens (tertiary/aromatic N) is 1. The molecule has 0 aliphatic carbocycles. The van der Waals surface area contributed by atoms with Gasteiger partial charge in [0.05, 0.1) is 18.9 Å². The van der Waals surface area contributed by atoms with Crippen LogP contribution in [0, 0.1) is 12.8 Å². The second kappa shape index (κ2) is 6.68. The first-order valence-corrected chi connectivity index (χ1v) is 6.12. The maximum atomic E-state index is 9.96. The van der Waals surface area contributed by atoms with Crippen LogP contribution in [-0.4, -0.2) is 33.0 Å². The van der Waals surface area contributed by atoms with E-state index in [4.69, 9.17) is 0 Å². The van der Waals surface area contributed by atoms with Crippen LogP contribution in [-0.2, 0) is 13.2 Å². The molecule has 0 aliphatic rings. The number of aliphatic hydroxyl groups is 2. The molecule has 5 nitrogen and oxygen atoms in total. The lowest BCUT2D eigenvalue weighted by atomic mass is 10.0. The topological polar surface area (TPSA) is 85.6 Å². The number of aromatic nitrogens is 1. The van der Waals surface area contributed by atoms with Gasteiger partial charge in [0.2, 0.25) is 0 Å². The highest BCUT2D eigenvalue weighted by atomic mass is 16.3. The summed E-state index contributed by atoms with van der Waals surface area (Å²) in [5.74, 6) is 0.396. The molecule has 5 heteroatoms. The van der Waals surface area contributed by atoms with E-state index < -0.39 is 0 Å². The quantitative estimate of drug-likeness (QED) is 0.600. The lowest BCUT2D eigenvalue weighted by Gasteiger charge is -2.21. The molecule has 1 rings (SSSR count). The van der Waals surface area contributed by atoms with Gasteiger partial charge in [0, 0.05) is 29.9 Å². The fraction of sp³-hybridized carbons (Fsp3) is 0.615. The Morgan fingerprint density at radius 3 is 2.50 bits per heavy atom. The van der Waals surface area contributed by atoms with E-state index in [1.54, 1.807) is 13.1 Å². The molecule has 0 spiro atoms. The minimum absolute atomic E-state index is 0.0376. The molecular formula is C13H22N2O3. The van der Waals surface area contributed by atoms with E-state index in [1.165, 1.54) is 0 Å². The third kappa shape index (κ3) is 3.41. The monoisotopic (exact) mass is 254 g/mol. The summed E-state index contributed by atoms with van der Waals surface area (Å²) < 4.78 is 0. The number of pyridine rings is 1. The van der Waals surface area contributed by atoms with E-state index in [1.807, 2.05) is 13.8 Å². The minimum atomic E-state index is -0.163. The van der Waals surface area contributed by atoms with Crippen molar-refractivity contribution in [2.45, 2.75) is 40.0 Å². The average Bonchev–Trinajstić information content (AvgIpc) is 2.34. The maximum absolute atomic E-state index is 9.96. The Kier molecular flexibility index (Phi) is 5.53. The molecule has 18 heavy (non-hydrogen) atoms. The van der Waals surface area contributed by atoms with Gasteiger partial charge in [-0.15, -0.1) is 0 Å². The lowest BCUT2D eigenvalue weighted by Crippen LogP contribution is -2.36. The van der Waals surface area contributed by atoms with Gasteiger partial charge in [-0.25, -0.2) is 0 Å². The molecule has 0 saturated heterocycles. The van der Waals surface area contributed by atoms with Crippen molar-refractivity contribution in [3.8, 4) is 5.75 Å². The minimum Gasteiger partial charge on any atom is -0.506 e. The molecular weight excluding hydrogens is 232 g/mol. The summed E-state index contributed by atoms with van der Waals surface area (Å²) in [6, 6.07) is -0.0376. The third-order valence-electron chi connectivity index (χ3n) is 3.14. The van der Waals surface area contributed by atoms with Gasteiger partial charge in [0.1, 0.15) is 5.75 Å². The summed E-state index contributed by atoms with van der Waals surface area (Å²) in [5, 5.41) is 31.6. The molecule has 4 N–H and O–H groups in total. The number of hydrogen-bond donors (Lipinski definition) is 4. The van der Waals surface area contributed by atoms with Crippen molar-refractivity contribution in [2.24, 2.45) is 5.92 Å². The first-order valence-electron chi connectivity index (χ1n) is 6.12. The number of aromatic hydroxyl groups is 1. The van der Waals surface area contributed by atoms with Crippen LogP contribution in [0.15, 0.2) is 6.20 Å². The lowest BCUT2D eigenvalue weighted by molar-refractivity contribution is 0.209. The van der Waals surface area contributed by atoms with Crippen molar-refractivity contribution in [3.05, 3.63) is 23.0 Å². The van der Waals surface area contributed by atoms with Gasteiger partial charge >= 0.3 is 0 Å². The summed E-state index contributed by atoms with van der Waals surface area (Å²) in [5.41, 5.74) is 1.78. The maximum Gasteiger partial charge on any atom is 0.141 e. The van der Waals surface area contributed by atoms with Crippen LogP contribution in [0.4, 0.5) is 0 Å². The Morgan fingerprint density at radius 2 is 2.00 bits per heavy atom. The van der Waals surface area contributed by atoms with Crippen LogP contribution in [0.25, 0.3) is 0 Å². The van der Waals surface area contributed by atoms with Gasteiger partial charge in [-0.2, -0.15) is 0 Å². The van der Waals surface area contributed by atoms with E-state index in [-0.39, 0.29) is 30.9 Å². The largest absolute Gasteiger partial charge is 0.506 e. The van der Waals surface area contributed by atoms with Crippen molar-refractivity contribution in [1.29, 1.82) is 0 Å². The number of aryl methyl sites for hydroxylation is 1. The van der Waals surface area contributed by atoms with Crippen molar-refractivity contribution in [3.63, 3.8) is 0 Å². The molecule has 0 unspecified atom stereocenters. The van der Waals surface area contributed by atoms with E-state index in [0.717, 1.165) is 0 Å². The van der Waals surface area contributed by atoms with Gasteiger partial charge in [0.15, 0.2) is 0 Å². The van der Waals surface area contributed by atoms with Gasteiger partial charge in [-0.1, -0.05) is 13.8 Å². The zero-order chi connectivity index (χ0) is 13.7. The first kappa shape index (κ1) is 14.9. The molecule has 1 heterocycles. The molecule has 1 aromatic rings. The average molecular weight is 254 g/mol. The van der Waals surface area contributed by atoms with Gasteiger partial charge in [-0.3, -0.25) is 4.98 Å². The fourth-order valence-corrected chi connectivity index (χ4v) is 1.76. The standard InChI is InChI=1S/C13H22N2O3/c1-8(2)12(7-17)15-5-11-10(6-16)4-14-9(3)13(11)18/h4,8,12,15-18H,5-7H2,1-3H3/t12-/m1/s1. The van der Waals surface area contributed by atoms with Crippen molar-refractivity contribution < 1.29 is 15.3 Å². The molecule has 0 amide bonds. The smallest absolute Gasteiger partial charge is 0.141 e. The summed E-state index contributed by atoms with van der Waals surface area (Å²) >= 11 is 0. The van der Waals surface area contributed by atoms with Crippen LogP contribution in [0.5, 0.6) is 5.75 Å². The van der Waals surface area contributed by atoms with Crippen LogP contribution in [0.2, 0.25) is 0 Å². The van der Waals surface area contributed by atoms with E-state index >= 15 is 0 Å².